The molecule has 4 aromatic rings. The van der Waals surface area contributed by atoms with E-state index in [1.54, 1.807) is 30.2 Å². The molecule has 3 aromatic carbocycles. The molecule has 0 saturated carbocycles. The molecule has 4 rings (SSSR count). The fourth-order valence-electron chi connectivity index (χ4n) is 3.74. The van der Waals surface area contributed by atoms with Crippen molar-refractivity contribution in [3.63, 3.8) is 0 Å². The summed E-state index contributed by atoms with van der Waals surface area (Å²) in [6.07, 6.45) is 0. The molecule has 0 aliphatic carbocycles. The van der Waals surface area contributed by atoms with Crippen molar-refractivity contribution in [2.75, 3.05) is 12.0 Å². The zero-order valence-corrected chi connectivity index (χ0v) is 17.8. The average molecular weight is 412 g/mol. The van der Waals surface area contributed by atoms with Crippen LogP contribution in [0.2, 0.25) is 0 Å². The molecule has 5 nitrogen and oxygen atoms in total. The van der Waals surface area contributed by atoms with Crippen LogP contribution in [0.4, 0.5) is 5.69 Å². The van der Waals surface area contributed by atoms with Gasteiger partial charge in [-0.15, -0.1) is 0 Å². The molecule has 0 aliphatic heterocycles. The van der Waals surface area contributed by atoms with Gasteiger partial charge in [-0.3, -0.25) is 9.59 Å². The maximum atomic E-state index is 13.7. The molecule has 0 bridgehead atoms. The number of rotatable bonds is 5. The minimum Gasteiger partial charge on any atom is -0.496 e. The van der Waals surface area contributed by atoms with Gasteiger partial charge >= 0.3 is 0 Å². The molecule has 5 heteroatoms. The third kappa shape index (κ3) is 3.94. The number of carbonyl (C=O) groups excluding carboxylic acids is 1. The number of hydrogen-bond donors (Lipinski definition) is 1. The summed E-state index contributed by atoms with van der Waals surface area (Å²) >= 11 is 0. The Labute approximate surface area is 180 Å². The second kappa shape index (κ2) is 8.48. The van der Waals surface area contributed by atoms with E-state index in [1.165, 1.54) is 0 Å². The van der Waals surface area contributed by atoms with E-state index < -0.39 is 0 Å². The summed E-state index contributed by atoms with van der Waals surface area (Å²) < 4.78 is 5.42. The molecule has 1 heterocycles. The number of methoxy groups -OCH3 is 1. The van der Waals surface area contributed by atoms with Gasteiger partial charge in [0.25, 0.3) is 11.5 Å². The summed E-state index contributed by atoms with van der Waals surface area (Å²) in [5.74, 6) is 0.272. The van der Waals surface area contributed by atoms with Crippen LogP contribution >= 0.6 is 0 Å². The Bertz CT molecular complexity index is 1320. The van der Waals surface area contributed by atoms with E-state index in [1.807, 2.05) is 68.4 Å². The van der Waals surface area contributed by atoms with Crippen molar-refractivity contribution >= 4 is 22.5 Å². The SMILES string of the molecule is COc1ccccc1C(=O)N(Cc1cc2ccccc2[nH]c1=O)c1cccc(C)c1C. The summed E-state index contributed by atoms with van der Waals surface area (Å²) in [6.45, 7) is 4.13. The van der Waals surface area contributed by atoms with Crippen molar-refractivity contribution in [2.24, 2.45) is 0 Å². The van der Waals surface area contributed by atoms with Gasteiger partial charge in [-0.05, 0) is 60.7 Å². The van der Waals surface area contributed by atoms with E-state index in [0.29, 0.717) is 16.9 Å². The number of anilines is 1. The number of aryl methyl sites for hydroxylation is 1. The van der Waals surface area contributed by atoms with Crippen LogP contribution < -0.4 is 15.2 Å². The summed E-state index contributed by atoms with van der Waals surface area (Å²) in [7, 11) is 1.54. The number of nitrogens with one attached hydrogen (secondary N) is 1. The van der Waals surface area contributed by atoms with Crippen molar-refractivity contribution in [3.8, 4) is 5.75 Å². The van der Waals surface area contributed by atoms with Gasteiger partial charge in [0.05, 0.1) is 19.2 Å². The monoisotopic (exact) mass is 412 g/mol. The van der Waals surface area contributed by atoms with Crippen LogP contribution in [0, 0.1) is 13.8 Å². The fraction of sp³-hybridized carbons (Fsp3) is 0.154. The van der Waals surface area contributed by atoms with Crippen LogP contribution in [-0.2, 0) is 6.54 Å². The molecule has 0 saturated heterocycles. The maximum Gasteiger partial charge on any atom is 0.262 e. The average Bonchev–Trinajstić information content (AvgIpc) is 2.79. The Morgan fingerprint density at radius 2 is 1.71 bits per heavy atom. The van der Waals surface area contributed by atoms with Gasteiger partial charge in [0.1, 0.15) is 5.75 Å². The second-order valence-corrected chi connectivity index (χ2v) is 7.52. The lowest BCUT2D eigenvalue weighted by molar-refractivity contribution is 0.0982. The van der Waals surface area contributed by atoms with Gasteiger partial charge in [0.15, 0.2) is 0 Å². The molecule has 0 fully saturated rings. The summed E-state index contributed by atoms with van der Waals surface area (Å²) in [4.78, 5) is 31.1. The van der Waals surface area contributed by atoms with Crippen molar-refractivity contribution in [3.05, 3.63) is 105 Å². The quantitative estimate of drug-likeness (QED) is 0.502. The molecule has 31 heavy (non-hydrogen) atoms. The van der Waals surface area contributed by atoms with Gasteiger partial charge in [-0.1, -0.05) is 42.5 Å². The van der Waals surface area contributed by atoms with Crippen molar-refractivity contribution in [1.82, 2.24) is 4.98 Å². The Kier molecular flexibility index (Phi) is 5.58. The summed E-state index contributed by atoms with van der Waals surface area (Å²) in [6, 6.07) is 22.4. The highest BCUT2D eigenvalue weighted by molar-refractivity contribution is 6.08. The molecule has 1 N–H and O–H groups in total. The van der Waals surface area contributed by atoms with Gasteiger partial charge in [0, 0.05) is 16.8 Å². The van der Waals surface area contributed by atoms with Gasteiger partial charge in [-0.2, -0.15) is 0 Å². The van der Waals surface area contributed by atoms with Gasteiger partial charge < -0.3 is 14.6 Å². The van der Waals surface area contributed by atoms with E-state index >= 15 is 0 Å². The fourth-order valence-corrected chi connectivity index (χ4v) is 3.74. The number of ether oxygens (including phenoxy) is 1. The van der Waals surface area contributed by atoms with Crippen molar-refractivity contribution in [2.45, 2.75) is 20.4 Å². The number of carbonyl (C=O) groups is 1. The maximum absolute atomic E-state index is 13.7. The molecule has 156 valence electrons. The molecule has 1 amide bonds. The van der Waals surface area contributed by atoms with E-state index in [4.69, 9.17) is 4.74 Å². The van der Waals surface area contributed by atoms with Gasteiger partial charge in [-0.25, -0.2) is 0 Å². The first-order valence-electron chi connectivity index (χ1n) is 10.1. The van der Waals surface area contributed by atoms with Crippen LogP contribution in [-0.4, -0.2) is 18.0 Å². The Hall–Kier alpha value is -3.86. The number of fused-ring (bicyclic) bond motifs is 1. The largest absolute Gasteiger partial charge is 0.496 e. The molecule has 0 spiro atoms. The number of nitrogens with zero attached hydrogens (tertiary/aromatic N) is 1. The Morgan fingerprint density at radius 3 is 2.52 bits per heavy atom. The number of para-hydroxylation sites is 2. The van der Waals surface area contributed by atoms with E-state index in [0.717, 1.165) is 27.7 Å². The van der Waals surface area contributed by atoms with E-state index in [-0.39, 0.29) is 18.0 Å². The number of benzene rings is 3. The highest BCUT2D eigenvalue weighted by atomic mass is 16.5. The number of pyridine rings is 1. The second-order valence-electron chi connectivity index (χ2n) is 7.52. The summed E-state index contributed by atoms with van der Waals surface area (Å²) in [5, 5.41) is 0.919. The van der Waals surface area contributed by atoms with Crippen LogP contribution in [0.15, 0.2) is 77.6 Å². The minimum absolute atomic E-state index is 0.140. The molecule has 0 aliphatic rings. The van der Waals surface area contributed by atoms with Crippen molar-refractivity contribution in [1.29, 1.82) is 0 Å². The lowest BCUT2D eigenvalue weighted by Gasteiger charge is -2.26. The highest BCUT2D eigenvalue weighted by Crippen LogP contribution is 2.28. The Balaban J connectivity index is 1.85. The van der Waals surface area contributed by atoms with E-state index in [2.05, 4.69) is 4.98 Å². The molecule has 1 aromatic heterocycles. The first kappa shape index (κ1) is 20.4. The van der Waals surface area contributed by atoms with Crippen LogP contribution in [0.5, 0.6) is 5.75 Å². The molecular weight excluding hydrogens is 388 g/mol. The smallest absolute Gasteiger partial charge is 0.262 e. The lowest BCUT2D eigenvalue weighted by Crippen LogP contribution is -2.33. The minimum atomic E-state index is -0.223. The third-order valence-electron chi connectivity index (χ3n) is 5.61. The topological polar surface area (TPSA) is 62.4 Å². The number of hydrogen-bond acceptors (Lipinski definition) is 3. The molecule has 0 atom stereocenters. The zero-order chi connectivity index (χ0) is 22.0. The first-order valence-corrected chi connectivity index (χ1v) is 10.1. The van der Waals surface area contributed by atoms with E-state index in [9.17, 15) is 9.59 Å². The highest BCUT2D eigenvalue weighted by Gasteiger charge is 2.24. The molecule has 0 radical (unpaired) electrons. The number of aromatic amines is 1. The lowest BCUT2D eigenvalue weighted by atomic mass is 10.0. The number of H-pyrrole nitrogens is 1. The Morgan fingerprint density at radius 1 is 0.968 bits per heavy atom. The van der Waals surface area contributed by atoms with Crippen LogP contribution in [0.25, 0.3) is 10.9 Å². The number of amides is 1. The molecule has 0 unspecified atom stereocenters. The predicted molar refractivity (Wildman–Crippen MR) is 124 cm³/mol. The van der Waals surface area contributed by atoms with Crippen LogP contribution in [0.3, 0.4) is 0 Å². The standard InChI is InChI=1S/C26H24N2O3/c1-17-9-8-13-23(18(17)2)28(26(30)21-11-5-7-14-24(21)31-3)16-20-15-19-10-4-6-12-22(19)27-25(20)29/h4-15H,16H2,1-3H3,(H,27,29). The van der Waals surface area contributed by atoms with Crippen molar-refractivity contribution < 1.29 is 9.53 Å². The van der Waals surface area contributed by atoms with Gasteiger partial charge in [0.2, 0.25) is 0 Å². The normalized spacial score (nSPS) is 10.8. The molecular formula is C26H24N2O3. The zero-order valence-electron chi connectivity index (χ0n) is 17.8. The predicted octanol–water partition coefficient (Wildman–Crippen LogP) is 5.00. The van der Waals surface area contributed by atoms with Crippen LogP contribution in [0.1, 0.15) is 27.0 Å². The summed E-state index contributed by atoms with van der Waals surface area (Å²) in [5.41, 5.74) is 4.35. The first-order chi connectivity index (χ1) is 15.0. The third-order valence-corrected chi connectivity index (χ3v) is 5.61. The number of aromatic nitrogens is 1.